The average Bonchev–Trinajstić information content (AvgIpc) is 2.75. The second-order valence-corrected chi connectivity index (χ2v) is 8.20. The van der Waals surface area contributed by atoms with Crippen molar-refractivity contribution >= 4 is 17.6 Å². The summed E-state index contributed by atoms with van der Waals surface area (Å²) in [5.74, 6) is -1.51. The van der Waals surface area contributed by atoms with E-state index in [4.69, 9.17) is 4.74 Å². The fraction of sp³-hybridized carbons (Fsp3) is 0.333. The number of hydrogen-bond acceptors (Lipinski definition) is 5. The van der Waals surface area contributed by atoms with Crippen LogP contribution in [0.5, 0.6) is 0 Å². The minimum Gasteiger partial charge on any atom is -0.462 e. The van der Waals surface area contributed by atoms with E-state index in [0.29, 0.717) is 22.4 Å². The molecule has 0 spiro atoms. The molecule has 0 aromatic heterocycles. The summed E-state index contributed by atoms with van der Waals surface area (Å²) in [6.07, 6.45) is 0.0298. The molecule has 0 saturated heterocycles. The van der Waals surface area contributed by atoms with Crippen LogP contribution >= 0.6 is 0 Å². The second-order valence-electron chi connectivity index (χ2n) is 8.20. The number of benzene rings is 2. The molecule has 1 atom stereocenters. The Labute approximate surface area is 185 Å². The van der Waals surface area contributed by atoms with E-state index in [1.165, 1.54) is 29.2 Å². The van der Waals surface area contributed by atoms with Crippen molar-refractivity contribution in [2.75, 3.05) is 6.61 Å². The Morgan fingerprint density at radius 2 is 1.81 bits per heavy atom. The van der Waals surface area contributed by atoms with E-state index in [-0.39, 0.29) is 37.1 Å². The summed E-state index contributed by atoms with van der Waals surface area (Å²) in [5, 5.41) is 10.9. The van der Waals surface area contributed by atoms with Crippen molar-refractivity contribution in [3.05, 3.63) is 86.9 Å². The number of carbonyl (C=O) groups excluding carboxylic acids is 2. The third-order valence-electron chi connectivity index (χ3n) is 5.35. The monoisotopic (exact) mass is 440 g/mol. The standard InChI is InChI=1S/C24H25FN2O5/c1-15(2)14-32-24(29)23-16(3)26(13-17-4-10-20(11-5-17)27(30)31)22(28)12-21(23)18-6-8-19(25)9-7-18/h4-11,15,21H,12-14H2,1-3H3. The molecule has 168 valence electrons. The van der Waals surface area contributed by atoms with E-state index >= 15 is 0 Å². The Morgan fingerprint density at radius 1 is 1.19 bits per heavy atom. The van der Waals surface area contributed by atoms with Gasteiger partial charge in [0.2, 0.25) is 5.91 Å². The van der Waals surface area contributed by atoms with Crippen LogP contribution in [0.1, 0.15) is 44.2 Å². The summed E-state index contributed by atoms with van der Waals surface area (Å²) < 4.78 is 18.9. The van der Waals surface area contributed by atoms with Crippen LogP contribution in [0.4, 0.5) is 10.1 Å². The van der Waals surface area contributed by atoms with Crippen molar-refractivity contribution in [1.29, 1.82) is 0 Å². The maximum absolute atomic E-state index is 13.4. The lowest BCUT2D eigenvalue weighted by atomic mass is 9.83. The number of hydrogen-bond donors (Lipinski definition) is 0. The molecule has 0 bridgehead atoms. The predicted molar refractivity (Wildman–Crippen MR) is 116 cm³/mol. The molecule has 0 radical (unpaired) electrons. The van der Waals surface area contributed by atoms with Gasteiger partial charge in [0.15, 0.2) is 0 Å². The summed E-state index contributed by atoms with van der Waals surface area (Å²) in [6.45, 7) is 5.95. The molecule has 0 saturated carbocycles. The van der Waals surface area contributed by atoms with Crippen molar-refractivity contribution in [2.24, 2.45) is 5.92 Å². The highest BCUT2D eigenvalue weighted by Crippen LogP contribution is 2.38. The van der Waals surface area contributed by atoms with Crippen LogP contribution in [0, 0.1) is 21.8 Å². The van der Waals surface area contributed by atoms with Crippen molar-refractivity contribution < 1.29 is 23.6 Å². The Morgan fingerprint density at radius 3 is 2.38 bits per heavy atom. The van der Waals surface area contributed by atoms with Gasteiger partial charge in [0, 0.05) is 30.2 Å². The molecule has 1 aliphatic rings. The molecule has 1 heterocycles. The fourth-order valence-electron chi connectivity index (χ4n) is 3.67. The number of rotatable bonds is 7. The minimum absolute atomic E-state index is 0.0298. The van der Waals surface area contributed by atoms with Crippen LogP contribution in [0.2, 0.25) is 0 Å². The SMILES string of the molecule is CC1=C(C(=O)OCC(C)C)C(c2ccc(F)cc2)CC(=O)N1Cc1ccc([N+](=O)[O-])cc1. The minimum atomic E-state index is -0.545. The zero-order chi connectivity index (χ0) is 23.4. The van der Waals surface area contributed by atoms with Crippen LogP contribution < -0.4 is 0 Å². The molecule has 0 N–H and O–H groups in total. The molecule has 8 heteroatoms. The van der Waals surface area contributed by atoms with E-state index in [9.17, 15) is 24.1 Å². The van der Waals surface area contributed by atoms with Gasteiger partial charge >= 0.3 is 5.97 Å². The zero-order valence-corrected chi connectivity index (χ0v) is 18.2. The number of nitrogens with zero attached hydrogens (tertiary/aromatic N) is 2. The van der Waals surface area contributed by atoms with Gasteiger partial charge < -0.3 is 9.64 Å². The number of nitro groups is 1. The fourth-order valence-corrected chi connectivity index (χ4v) is 3.67. The highest BCUT2D eigenvalue weighted by atomic mass is 19.1. The van der Waals surface area contributed by atoms with Crippen molar-refractivity contribution in [2.45, 2.75) is 39.7 Å². The number of amides is 1. The first-order valence-electron chi connectivity index (χ1n) is 10.3. The van der Waals surface area contributed by atoms with Crippen molar-refractivity contribution in [1.82, 2.24) is 4.90 Å². The van der Waals surface area contributed by atoms with E-state index in [2.05, 4.69) is 0 Å². The van der Waals surface area contributed by atoms with Crippen LogP contribution in [0.3, 0.4) is 0 Å². The van der Waals surface area contributed by atoms with Crippen molar-refractivity contribution in [3.8, 4) is 0 Å². The van der Waals surface area contributed by atoms with Gasteiger partial charge in [-0.25, -0.2) is 9.18 Å². The molecular weight excluding hydrogens is 415 g/mol. The molecule has 7 nitrogen and oxygen atoms in total. The molecule has 1 amide bonds. The molecule has 2 aromatic carbocycles. The van der Waals surface area contributed by atoms with Gasteiger partial charge in [-0.3, -0.25) is 14.9 Å². The lowest BCUT2D eigenvalue weighted by molar-refractivity contribution is -0.384. The largest absolute Gasteiger partial charge is 0.462 e. The number of non-ortho nitro benzene ring substituents is 1. The van der Waals surface area contributed by atoms with Crippen molar-refractivity contribution in [3.63, 3.8) is 0 Å². The lowest BCUT2D eigenvalue weighted by Gasteiger charge is -2.34. The first kappa shape index (κ1) is 23.1. The first-order chi connectivity index (χ1) is 15.2. The summed E-state index contributed by atoms with van der Waals surface area (Å²) >= 11 is 0. The summed E-state index contributed by atoms with van der Waals surface area (Å²) in [6, 6.07) is 11.7. The number of ether oxygens (including phenoxy) is 1. The van der Waals surface area contributed by atoms with Gasteiger partial charge in [0.05, 0.1) is 23.6 Å². The zero-order valence-electron chi connectivity index (χ0n) is 18.2. The van der Waals surface area contributed by atoms with E-state index in [1.807, 2.05) is 13.8 Å². The number of allylic oxidation sites excluding steroid dienone is 1. The van der Waals surface area contributed by atoms with Gasteiger partial charge in [0.1, 0.15) is 5.82 Å². The lowest BCUT2D eigenvalue weighted by Crippen LogP contribution is -2.38. The number of nitro benzene ring substituents is 1. The Balaban J connectivity index is 1.97. The first-order valence-corrected chi connectivity index (χ1v) is 10.3. The third kappa shape index (κ3) is 5.19. The molecular formula is C24H25FN2O5. The predicted octanol–water partition coefficient (Wildman–Crippen LogP) is 4.72. The highest BCUT2D eigenvalue weighted by molar-refractivity contribution is 5.95. The second kappa shape index (κ2) is 9.72. The topological polar surface area (TPSA) is 89.8 Å². The van der Waals surface area contributed by atoms with Crippen LogP contribution in [0.15, 0.2) is 59.8 Å². The van der Waals surface area contributed by atoms with Gasteiger partial charge in [-0.05, 0) is 36.1 Å². The van der Waals surface area contributed by atoms with E-state index in [1.54, 1.807) is 31.2 Å². The van der Waals surface area contributed by atoms with Gasteiger partial charge in [-0.2, -0.15) is 0 Å². The number of carbonyl (C=O) groups is 2. The average molecular weight is 440 g/mol. The summed E-state index contributed by atoms with van der Waals surface area (Å²) in [5.41, 5.74) is 2.13. The molecule has 2 aromatic rings. The third-order valence-corrected chi connectivity index (χ3v) is 5.35. The number of esters is 1. The Kier molecular flexibility index (Phi) is 7.02. The van der Waals surface area contributed by atoms with Gasteiger partial charge in [0.25, 0.3) is 5.69 Å². The summed E-state index contributed by atoms with van der Waals surface area (Å²) in [7, 11) is 0. The maximum atomic E-state index is 13.4. The number of halogens is 1. The summed E-state index contributed by atoms with van der Waals surface area (Å²) in [4.78, 5) is 37.9. The van der Waals surface area contributed by atoms with Gasteiger partial charge in [-0.15, -0.1) is 0 Å². The highest BCUT2D eigenvalue weighted by Gasteiger charge is 2.37. The normalized spacial score (nSPS) is 16.5. The molecule has 32 heavy (non-hydrogen) atoms. The molecule has 0 fully saturated rings. The van der Waals surface area contributed by atoms with E-state index in [0.717, 1.165) is 0 Å². The molecule has 1 unspecified atom stereocenters. The molecule has 1 aliphatic heterocycles. The Bertz CT molecular complexity index is 1050. The quantitative estimate of drug-likeness (QED) is 0.353. The van der Waals surface area contributed by atoms with E-state index < -0.39 is 22.6 Å². The van der Waals surface area contributed by atoms with Crippen LogP contribution in [-0.4, -0.2) is 28.3 Å². The Hall–Kier alpha value is -3.55. The van der Waals surface area contributed by atoms with Gasteiger partial charge in [-0.1, -0.05) is 38.1 Å². The maximum Gasteiger partial charge on any atom is 0.336 e. The smallest absolute Gasteiger partial charge is 0.336 e. The van der Waals surface area contributed by atoms with Crippen LogP contribution in [0.25, 0.3) is 0 Å². The molecule has 3 rings (SSSR count). The molecule has 0 aliphatic carbocycles. The van der Waals surface area contributed by atoms with Crippen LogP contribution in [-0.2, 0) is 20.9 Å².